The highest BCUT2D eigenvalue weighted by molar-refractivity contribution is 6.05. The summed E-state index contributed by atoms with van der Waals surface area (Å²) in [7, 11) is 0. The van der Waals surface area contributed by atoms with E-state index in [4.69, 9.17) is 9.47 Å². The summed E-state index contributed by atoms with van der Waals surface area (Å²) < 4.78 is 12.4. The highest BCUT2D eigenvalue weighted by Crippen LogP contribution is 2.69. The van der Waals surface area contributed by atoms with Gasteiger partial charge >= 0.3 is 0 Å². The van der Waals surface area contributed by atoms with E-state index in [9.17, 15) is 30.0 Å². The van der Waals surface area contributed by atoms with E-state index in [1.807, 2.05) is 0 Å². The predicted octanol–water partition coefficient (Wildman–Crippen LogP) is 3.79. The molecule has 194 valence electrons. The standard InChI is InChI=1S/C28H34O8/c1-7-9-10-12-18(29)20-21(31)15(3)23(32)27(6)22(20)26(5)24-17(14-25(4,33)28(26,34)36-27)19(30)13-16(35-24)11-8-2/h7-12,16,22,29,31,33-34H,13-14H2,1-6H3/b9-7+,11-8+,12-10+,20-18-/t16-,22-,25+,26-,27+,28+/m1/s1. The number of hydrogen-bond acceptors (Lipinski definition) is 8. The van der Waals surface area contributed by atoms with Crippen molar-refractivity contribution in [2.45, 2.75) is 77.5 Å². The normalized spacial score (nSPS) is 42.3. The number of ether oxygens (including phenoxy) is 2. The van der Waals surface area contributed by atoms with Gasteiger partial charge in [-0.1, -0.05) is 24.3 Å². The SMILES string of the molecule is C/C=C/C=C/C(O)=C1\C(O)=C(C)C(=O)[C@@]2(C)O[C@@]3(O)[C@@](C)(O)CC4=C(O[C@H](/C=C/C)CC4=O)[C@@]3(C)[C@@H]12. The van der Waals surface area contributed by atoms with Crippen molar-refractivity contribution in [3.63, 3.8) is 0 Å². The molecule has 1 fully saturated rings. The van der Waals surface area contributed by atoms with E-state index in [0.717, 1.165) is 0 Å². The topological polar surface area (TPSA) is 134 Å². The molecule has 0 amide bonds. The molecule has 0 spiro atoms. The molecule has 6 atom stereocenters. The van der Waals surface area contributed by atoms with Crippen LogP contribution in [0.1, 0.15) is 54.4 Å². The maximum atomic E-state index is 13.6. The maximum Gasteiger partial charge on any atom is 0.209 e. The summed E-state index contributed by atoms with van der Waals surface area (Å²) in [5.74, 6) is -5.18. The summed E-state index contributed by atoms with van der Waals surface area (Å²) in [5.41, 5.74) is -5.44. The Morgan fingerprint density at radius 1 is 1.08 bits per heavy atom. The van der Waals surface area contributed by atoms with Crippen molar-refractivity contribution in [1.82, 2.24) is 0 Å². The maximum absolute atomic E-state index is 13.6. The number of allylic oxidation sites excluding steroid dienone is 6. The van der Waals surface area contributed by atoms with Crippen LogP contribution in [0.3, 0.4) is 0 Å². The van der Waals surface area contributed by atoms with E-state index in [-0.39, 0.29) is 46.9 Å². The fraction of sp³-hybridized carbons (Fsp3) is 0.500. The molecule has 2 heterocycles. The van der Waals surface area contributed by atoms with Gasteiger partial charge in [-0.05, 0) is 53.7 Å². The van der Waals surface area contributed by atoms with Crippen LogP contribution in [-0.2, 0) is 19.1 Å². The lowest BCUT2D eigenvalue weighted by atomic mass is 9.53. The molecule has 8 heteroatoms. The second-order valence-corrected chi connectivity index (χ2v) is 10.5. The first-order valence-corrected chi connectivity index (χ1v) is 12.1. The van der Waals surface area contributed by atoms with Crippen LogP contribution in [0.25, 0.3) is 0 Å². The van der Waals surface area contributed by atoms with Crippen molar-refractivity contribution >= 4 is 11.6 Å². The molecule has 2 aliphatic carbocycles. The molecule has 1 saturated heterocycles. The minimum absolute atomic E-state index is 0.0393. The summed E-state index contributed by atoms with van der Waals surface area (Å²) in [6.07, 6.45) is 8.99. The Balaban J connectivity index is 2.09. The zero-order valence-electron chi connectivity index (χ0n) is 21.5. The number of aliphatic hydroxyl groups is 4. The summed E-state index contributed by atoms with van der Waals surface area (Å²) in [6, 6.07) is 0. The number of fused-ring (bicyclic) bond motifs is 4. The van der Waals surface area contributed by atoms with Gasteiger partial charge in [0, 0.05) is 29.1 Å². The van der Waals surface area contributed by atoms with Gasteiger partial charge in [0.15, 0.2) is 11.6 Å². The molecule has 0 bridgehead atoms. The quantitative estimate of drug-likeness (QED) is 0.262. The second-order valence-electron chi connectivity index (χ2n) is 10.5. The molecule has 0 aromatic carbocycles. The Kier molecular flexibility index (Phi) is 6.02. The van der Waals surface area contributed by atoms with Crippen LogP contribution in [0.4, 0.5) is 0 Å². The van der Waals surface area contributed by atoms with Crippen LogP contribution in [0.2, 0.25) is 0 Å². The molecule has 0 unspecified atom stereocenters. The van der Waals surface area contributed by atoms with Gasteiger partial charge in [0.05, 0.1) is 11.8 Å². The van der Waals surface area contributed by atoms with Crippen molar-refractivity contribution in [2.75, 3.05) is 0 Å². The van der Waals surface area contributed by atoms with E-state index in [1.165, 1.54) is 26.8 Å². The zero-order valence-corrected chi connectivity index (χ0v) is 21.5. The molecular weight excluding hydrogens is 464 g/mol. The van der Waals surface area contributed by atoms with E-state index >= 15 is 0 Å². The Hall–Kier alpha value is -2.94. The Labute approximate surface area is 210 Å². The predicted molar refractivity (Wildman–Crippen MR) is 132 cm³/mol. The van der Waals surface area contributed by atoms with Gasteiger partial charge in [-0.25, -0.2) is 0 Å². The van der Waals surface area contributed by atoms with Gasteiger partial charge in [-0.2, -0.15) is 0 Å². The molecule has 36 heavy (non-hydrogen) atoms. The van der Waals surface area contributed by atoms with Crippen molar-refractivity contribution in [3.8, 4) is 0 Å². The van der Waals surface area contributed by atoms with E-state index in [1.54, 1.807) is 51.2 Å². The molecule has 0 aromatic rings. The minimum atomic E-state index is -2.41. The molecule has 2 aliphatic heterocycles. The molecule has 4 aliphatic rings. The van der Waals surface area contributed by atoms with Crippen LogP contribution < -0.4 is 0 Å². The number of carbonyl (C=O) groups is 2. The zero-order chi connectivity index (χ0) is 26.8. The van der Waals surface area contributed by atoms with Crippen molar-refractivity contribution in [2.24, 2.45) is 11.3 Å². The van der Waals surface area contributed by atoms with Crippen LogP contribution in [0.15, 0.2) is 70.5 Å². The van der Waals surface area contributed by atoms with Gasteiger partial charge < -0.3 is 29.9 Å². The van der Waals surface area contributed by atoms with Gasteiger partial charge in [0.25, 0.3) is 0 Å². The first-order chi connectivity index (χ1) is 16.7. The lowest BCUT2D eigenvalue weighted by Gasteiger charge is -2.54. The number of aliphatic hydroxyl groups excluding tert-OH is 2. The fourth-order valence-corrected chi connectivity index (χ4v) is 6.45. The third-order valence-electron chi connectivity index (χ3n) is 8.11. The molecule has 0 aromatic heterocycles. The van der Waals surface area contributed by atoms with Gasteiger partial charge in [-0.15, -0.1) is 0 Å². The third-order valence-corrected chi connectivity index (χ3v) is 8.11. The molecule has 0 saturated carbocycles. The molecule has 4 N–H and O–H groups in total. The van der Waals surface area contributed by atoms with Crippen molar-refractivity contribution < 1.29 is 39.5 Å². The Morgan fingerprint density at radius 3 is 2.36 bits per heavy atom. The Bertz CT molecular complexity index is 1210. The Morgan fingerprint density at radius 2 is 1.75 bits per heavy atom. The highest BCUT2D eigenvalue weighted by atomic mass is 16.7. The number of rotatable bonds is 3. The summed E-state index contributed by atoms with van der Waals surface area (Å²) >= 11 is 0. The minimum Gasteiger partial charge on any atom is -0.508 e. The lowest BCUT2D eigenvalue weighted by Crippen LogP contribution is -2.66. The van der Waals surface area contributed by atoms with E-state index in [0.29, 0.717) is 0 Å². The summed E-state index contributed by atoms with van der Waals surface area (Å²) in [6.45, 7) is 9.35. The van der Waals surface area contributed by atoms with Gasteiger partial charge in [-0.3, -0.25) is 9.59 Å². The second kappa shape index (κ2) is 8.30. The van der Waals surface area contributed by atoms with Crippen LogP contribution in [0, 0.1) is 11.3 Å². The molecular formula is C28H34O8. The number of carbonyl (C=O) groups excluding carboxylic acids is 2. The van der Waals surface area contributed by atoms with E-state index < -0.39 is 46.0 Å². The number of Topliss-reactive ketones (excluding diaryl/α,β-unsaturated/α-hetero) is 2. The average Bonchev–Trinajstić information content (AvgIpc) is 3.00. The molecule has 8 nitrogen and oxygen atoms in total. The summed E-state index contributed by atoms with van der Waals surface area (Å²) in [4.78, 5) is 26.8. The molecule has 4 rings (SSSR count). The van der Waals surface area contributed by atoms with E-state index in [2.05, 4.69) is 0 Å². The number of ketones is 2. The first kappa shape index (κ1) is 26.1. The van der Waals surface area contributed by atoms with Crippen molar-refractivity contribution in [1.29, 1.82) is 0 Å². The van der Waals surface area contributed by atoms with Gasteiger partial charge in [0.1, 0.15) is 34.6 Å². The smallest absolute Gasteiger partial charge is 0.209 e. The number of hydrogen-bond donors (Lipinski definition) is 4. The third kappa shape index (κ3) is 3.17. The lowest BCUT2D eigenvalue weighted by molar-refractivity contribution is -0.332. The highest BCUT2D eigenvalue weighted by Gasteiger charge is 2.80. The monoisotopic (exact) mass is 498 g/mol. The summed E-state index contributed by atoms with van der Waals surface area (Å²) in [5, 5.41) is 46.0. The van der Waals surface area contributed by atoms with Gasteiger partial charge in [0.2, 0.25) is 5.79 Å². The van der Waals surface area contributed by atoms with Crippen LogP contribution in [-0.4, -0.2) is 55.1 Å². The van der Waals surface area contributed by atoms with Crippen LogP contribution >= 0.6 is 0 Å². The fourth-order valence-electron chi connectivity index (χ4n) is 6.45. The van der Waals surface area contributed by atoms with Crippen LogP contribution in [0.5, 0.6) is 0 Å². The van der Waals surface area contributed by atoms with Crippen molar-refractivity contribution in [3.05, 3.63) is 70.5 Å². The average molecular weight is 499 g/mol. The molecule has 0 radical (unpaired) electrons. The largest absolute Gasteiger partial charge is 0.508 e. The first-order valence-electron chi connectivity index (χ1n) is 12.1.